The average Bonchev–Trinajstić information content (AvgIpc) is 3.09. The van der Waals surface area contributed by atoms with Crippen LogP contribution in [-0.2, 0) is 21.7 Å². The maximum atomic E-state index is 12.0. The summed E-state index contributed by atoms with van der Waals surface area (Å²) in [5.74, 6) is 1.05. The Morgan fingerprint density at radius 1 is 1.30 bits per heavy atom. The third-order valence-electron chi connectivity index (χ3n) is 4.78. The first-order valence-corrected chi connectivity index (χ1v) is 10.4. The molecule has 6 nitrogen and oxygen atoms in total. The zero-order valence-electron chi connectivity index (χ0n) is 15.6. The Morgan fingerprint density at radius 2 is 2.07 bits per heavy atom. The number of hydrogen-bond acceptors (Lipinski definition) is 6. The molecular formula is C20H24N4O2S. The number of esters is 1. The Morgan fingerprint density at radius 3 is 2.81 bits per heavy atom. The van der Waals surface area contributed by atoms with Crippen LogP contribution in [0.15, 0.2) is 29.4 Å². The van der Waals surface area contributed by atoms with Crippen molar-refractivity contribution in [3.8, 4) is 6.07 Å². The summed E-state index contributed by atoms with van der Waals surface area (Å²) in [6, 6.07) is 10.2. The van der Waals surface area contributed by atoms with E-state index in [-0.39, 0.29) is 12.4 Å². The fraction of sp³-hybridized carbons (Fsp3) is 0.500. The smallest absolute Gasteiger partial charge is 0.313 e. The maximum absolute atomic E-state index is 12.0. The summed E-state index contributed by atoms with van der Waals surface area (Å²) in [6.07, 6.45) is 5.93. The van der Waals surface area contributed by atoms with E-state index in [0.717, 1.165) is 23.6 Å². The Hall–Kier alpha value is -2.33. The van der Waals surface area contributed by atoms with E-state index in [1.54, 1.807) is 18.7 Å². The van der Waals surface area contributed by atoms with Gasteiger partial charge < -0.3 is 9.30 Å². The monoisotopic (exact) mass is 384 g/mol. The van der Waals surface area contributed by atoms with Gasteiger partial charge in [0.15, 0.2) is 5.16 Å². The SMILES string of the molecule is CCOC(=O)Cc1nnc(SCc2ccccc2C#N)n1C1CCCCC1. The molecule has 1 saturated carbocycles. The molecule has 1 aromatic heterocycles. The average molecular weight is 385 g/mol. The first kappa shape index (κ1) is 19.4. The normalized spacial score (nSPS) is 14.7. The van der Waals surface area contributed by atoms with Gasteiger partial charge in [0.05, 0.1) is 18.2 Å². The number of carbonyl (C=O) groups is 1. The van der Waals surface area contributed by atoms with Crippen molar-refractivity contribution < 1.29 is 9.53 Å². The lowest BCUT2D eigenvalue weighted by Gasteiger charge is -2.25. The van der Waals surface area contributed by atoms with Gasteiger partial charge in [-0.3, -0.25) is 4.79 Å². The van der Waals surface area contributed by atoms with E-state index >= 15 is 0 Å². The van der Waals surface area contributed by atoms with Crippen molar-refractivity contribution in [2.75, 3.05) is 6.61 Å². The number of nitrogens with zero attached hydrogens (tertiary/aromatic N) is 4. The van der Waals surface area contributed by atoms with Crippen LogP contribution >= 0.6 is 11.8 Å². The molecule has 0 N–H and O–H groups in total. The molecule has 1 aliphatic rings. The van der Waals surface area contributed by atoms with Crippen molar-refractivity contribution in [2.45, 2.75) is 62.4 Å². The number of rotatable bonds is 7. The van der Waals surface area contributed by atoms with Gasteiger partial charge in [-0.15, -0.1) is 10.2 Å². The summed E-state index contributed by atoms with van der Waals surface area (Å²) < 4.78 is 7.23. The Balaban J connectivity index is 1.82. The molecule has 0 aliphatic heterocycles. The molecule has 0 bridgehead atoms. The Bertz CT molecular complexity index is 822. The van der Waals surface area contributed by atoms with Gasteiger partial charge in [0, 0.05) is 11.8 Å². The second-order valence-corrected chi connectivity index (χ2v) is 7.54. The molecule has 7 heteroatoms. The van der Waals surface area contributed by atoms with E-state index < -0.39 is 0 Å². The van der Waals surface area contributed by atoms with Gasteiger partial charge in [-0.05, 0) is 31.4 Å². The molecule has 1 heterocycles. The van der Waals surface area contributed by atoms with Gasteiger partial charge in [0.2, 0.25) is 0 Å². The van der Waals surface area contributed by atoms with Crippen LogP contribution in [0.3, 0.4) is 0 Å². The molecule has 27 heavy (non-hydrogen) atoms. The van der Waals surface area contributed by atoms with Crippen molar-refractivity contribution in [3.05, 3.63) is 41.2 Å². The van der Waals surface area contributed by atoms with E-state index in [0.29, 0.717) is 29.8 Å². The molecule has 1 aliphatic carbocycles. The zero-order chi connectivity index (χ0) is 19.1. The minimum absolute atomic E-state index is 0.146. The highest BCUT2D eigenvalue weighted by atomic mass is 32.2. The fourth-order valence-corrected chi connectivity index (χ4v) is 4.50. The van der Waals surface area contributed by atoms with Crippen molar-refractivity contribution in [1.29, 1.82) is 5.26 Å². The molecule has 0 radical (unpaired) electrons. The summed E-state index contributed by atoms with van der Waals surface area (Å²) in [6.45, 7) is 2.17. The number of nitriles is 1. The van der Waals surface area contributed by atoms with Gasteiger partial charge in [-0.25, -0.2) is 0 Å². The highest BCUT2D eigenvalue weighted by Gasteiger charge is 2.24. The maximum Gasteiger partial charge on any atom is 0.313 e. The van der Waals surface area contributed by atoms with E-state index in [1.165, 1.54) is 19.3 Å². The lowest BCUT2D eigenvalue weighted by atomic mass is 9.95. The first-order chi connectivity index (χ1) is 13.2. The zero-order valence-corrected chi connectivity index (χ0v) is 16.4. The van der Waals surface area contributed by atoms with E-state index in [9.17, 15) is 10.1 Å². The third kappa shape index (κ3) is 4.89. The highest BCUT2D eigenvalue weighted by Crippen LogP contribution is 2.34. The lowest BCUT2D eigenvalue weighted by molar-refractivity contribution is -0.142. The summed E-state index contributed by atoms with van der Waals surface area (Å²) in [7, 11) is 0. The molecule has 0 saturated heterocycles. The number of hydrogen-bond donors (Lipinski definition) is 0. The van der Waals surface area contributed by atoms with Crippen molar-refractivity contribution in [2.24, 2.45) is 0 Å². The number of aromatic nitrogens is 3. The largest absolute Gasteiger partial charge is 0.466 e. The Labute approximate surface area is 163 Å². The molecule has 0 atom stereocenters. The minimum Gasteiger partial charge on any atom is -0.466 e. The van der Waals surface area contributed by atoms with E-state index in [1.807, 2.05) is 24.3 Å². The molecule has 142 valence electrons. The predicted molar refractivity (Wildman–Crippen MR) is 103 cm³/mol. The summed E-state index contributed by atoms with van der Waals surface area (Å²) in [5, 5.41) is 18.8. The van der Waals surface area contributed by atoms with Gasteiger partial charge in [-0.2, -0.15) is 5.26 Å². The van der Waals surface area contributed by atoms with Crippen LogP contribution in [0.2, 0.25) is 0 Å². The van der Waals surface area contributed by atoms with E-state index in [4.69, 9.17) is 4.74 Å². The molecule has 0 spiro atoms. The summed E-state index contributed by atoms with van der Waals surface area (Å²) in [5.41, 5.74) is 1.66. The molecule has 0 amide bonds. The highest BCUT2D eigenvalue weighted by molar-refractivity contribution is 7.98. The first-order valence-electron chi connectivity index (χ1n) is 9.43. The summed E-state index contributed by atoms with van der Waals surface area (Å²) >= 11 is 1.57. The number of benzene rings is 1. The van der Waals surface area contributed by atoms with Crippen molar-refractivity contribution in [1.82, 2.24) is 14.8 Å². The van der Waals surface area contributed by atoms with Gasteiger partial charge >= 0.3 is 5.97 Å². The predicted octanol–water partition coefficient (Wildman–Crippen LogP) is 4.05. The Kier molecular flexibility index (Phi) is 6.88. The summed E-state index contributed by atoms with van der Waals surface area (Å²) in [4.78, 5) is 12.0. The van der Waals surface area contributed by atoms with Crippen LogP contribution in [0.1, 0.15) is 62.0 Å². The molecule has 1 aromatic carbocycles. The van der Waals surface area contributed by atoms with Gasteiger partial charge in [0.25, 0.3) is 0 Å². The van der Waals surface area contributed by atoms with Gasteiger partial charge in [0.1, 0.15) is 12.2 Å². The third-order valence-corrected chi connectivity index (χ3v) is 5.77. The standard InChI is InChI=1S/C20H24N4O2S/c1-2-26-19(25)12-18-22-23-20(24(18)17-10-4-3-5-11-17)27-14-16-9-7-6-8-15(16)13-21/h6-9,17H,2-5,10-12,14H2,1H3. The van der Waals surface area contributed by atoms with Crippen molar-refractivity contribution >= 4 is 17.7 Å². The van der Waals surface area contributed by atoms with Crippen LogP contribution in [0.4, 0.5) is 0 Å². The van der Waals surface area contributed by atoms with Crippen molar-refractivity contribution in [3.63, 3.8) is 0 Å². The van der Waals surface area contributed by atoms with Crippen LogP contribution in [0, 0.1) is 11.3 Å². The van der Waals surface area contributed by atoms with Crippen LogP contribution < -0.4 is 0 Å². The number of carbonyl (C=O) groups excluding carboxylic acids is 1. The number of ether oxygens (including phenoxy) is 1. The molecule has 2 aromatic rings. The lowest BCUT2D eigenvalue weighted by Crippen LogP contribution is -2.19. The van der Waals surface area contributed by atoms with E-state index in [2.05, 4.69) is 20.8 Å². The topological polar surface area (TPSA) is 80.8 Å². The second kappa shape index (κ2) is 9.56. The number of thioether (sulfide) groups is 1. The second-order valence-electron chi connectivity index (χ2n) is 6.60. The van der Waals surface area contributed by atoms with Crippen LogP contribution in [0.25, 0.3) is 0 Å². The van der Waals surface area contributed by atoms with Crippen LogP contribution in [-0.4, -0.2) is 27.3 Å². The van der Waals surface area contributed by atoms with Crippen LogP contribution in [0.5, 0.6) is 0 Å². The molecular weight excluding hydrogens is 360 g/mol. The molecule has 1 fully saturated rings. The fourth-order valence-electron chi connectivity index (χ4n) is 3.47. The minimum atomic E-state index is -0.270. The quantitative estimate of drug-likeness (QED) is 0.529. The molecule has 0 unspecified atom stereocenters. The molecule has 3 rings (SSSR count). The van der Waals surface area contributed by atoms with Gasteiger partial charge in [-0.1, -0.05) is 49.2 Å².